The van der Waals surface area contributed by atoms with Crippen molar-refractivity contribution in [3.05, 3.63) is 91.5 Å². The van der Waals surface area contributed by atoms with Crippen LogP contribution in [0.25, 0.3) is 11.0 Å². The Kier molecular flexibility index (Phi) is 4.11. The standard InChI is InChI=1S/C23H17FN2O3S/c1-11-4-6-14(7-5-11)19-18-20(27)16-10-15(24)8-9-17(16)29-21(18)22(28)26(19)23-25-12(2)13(3)30-23/h4-10,19H,1-3H3/t19-/m0/s1. The number of hydrogen-bond donors (Lipinski definition) is 0. The molecule has 0 aliphatic carbocycles. The Balaban J connectivity index is 1.82. The molecule has 1 aliphatic rings. The zero-order chi connectivity index (χ0) is 21.2. The number of carbonyl (C=O) groups is 1. The molecule has 1 aliphatic heterocycles. The van der Waals surface area contributed by atoms with E-state index in [0.29, 0.717) is 5.13 Å². The van der Waals surface area contributed by atoms with Crippen molar-refractivity contribution >= 4 is 33.3 Å². The van der Waals surface area contributed by atoms with Gasteiger partial charge in [-0.05, 0) is 44.5 Å². The summed E-state index contributed by atoms with van der Waals surface area (Å²) in [4.78, 5) is 33.9. The van der Waals surface area contributed by atoms with Gasteiger partial charge in [0.1, 0.15) is 11.4 Å². The minimum Gasteiger partial charge on any atom is -0.450 e. The summed E-state index contributed by atoms with van der Waals surface area (Å²) in [5, 5.41) is 0.619. The van der Waals surface area contributed by atoms with Gasteiger partial charge in [0.25, 0.3) is 5.91 Å². The van der Waals surface area contributed by atoms with Gasteiger partial charge in [0, 0.05) is 4.88 Å². The van der Waals surface area contributed by atoms with Crippen LogP contribution in [0.1, 0.15) is 43.9 Å². The normalized spacial score (nSPS) is 15.8. The van der Waals surface area contributed by atoms with Crippen LogP contribution in [0, 0.1) is 26.6 Å². The summed E-state index contributed by atoms with van der Waals surface area (Å²) in [5.74, 6) is -0.975. The van der Waals surface area contributed by atoms with Gasteiger partial charge < -0.3 is 4.42 Å². The van der Waals surface area contributed by atoms with Gasteiger partial charge in [-0.2, -0.15) is 0 Å². The molecule has 2 aromatic heterocycles. The lowest BCUT2D eigenvalue weighted by atomic mass is 9.98. The van der Waals surface area contributed by atoms with Gasteiger partial charge >= 0.3 is 0 Å². The SMILES string of the molecule is Cc1ccc([C@H]2c3c(oc4ccc(F)cc4c3=O)C(=O)N2c2nc(C)c(C)s2)cc1. The van der Waals surface area contributed by atoms with E-state index in [-0.39, 0.29) is 22.3 Å². The van der Waals surface area contributed by atoms with Gasteiger partial charge in [0.05, 0.1) is 22.7 Å². The molecule has 1 amide bonds. The van der Waals surface area contributed by atoms with E-state index in [9.17, 15) is 14.0 Å². The highest BCUT2D eigenvalue weighted by molar-refractivity contribution is 7.15. The Labute approximate surface area is 175 Å². The molecule has 5 nitrogen and oxygen atoms in total. The first kappa shape index (κ1) is 18.7. The third-order valence-electron chi connectivity index (χ3n) is 5.45. The monoisotopic (exact) mass is 420 g/mol. The molecule has 5 rings (SSSR count). The Morgan fingerprint density at radius 3 is 2.47 bits per heavy atom. The molecule has 0 spiro atoms. The molecule has 1 atom stereocenters. The van der Waals surface area contributed by atoms with Gasteiger partial charge in [0.2, 0.25) is 5.76 Å². The molecule has 0 bridgehead atoms. The molecule has 0 unspecified atom stereocenters. The van der Waals surface area contributed by atoms with Crippen LogP contribution >= 0.6 is 11.3 Å². The van der Waals surface area contributed by atoms with Crippen molar-refractivity contribution in [3.8, 4) is 0 Å². The van der Waals surface area contributed by atoms with Gasteiger partial charge in [-0.3, -0.25) is 14.5 Å². The predicted molar refractivity (Wildman–Crippen MR) is 114 cm³/mol. The van der Waals surface area contributed by atoms with Crippen LogP contribution in [0.4, 0.5) is 9.52 Å². The Bertz CT molecular complexity index is 1370. The lowest BCUT2D eigenvalue weighted by Crippen LogP contribution is -2.29. The Hall–Kier alpha value is -3.32. The van der Waals surface area contributed by atoms with Crippen LogP contribution in [0.15, 0.2) is 51.7 Å². The Morgan fingerprint density at radius 1 is 1.07 bits per heavy atom. The van der Waals surface area contributed by atoms with Crippen molar-refractivity contribution in [2.24, 2.45) is 0 Å². The van der Waals surface area contributed by atoms with E-state index in [1.54, 1.807) is 0 Å². The van der Waals surface area contributed by atoms with E-state index in [1.165, 1.54) is 28.4 Å². The molecule has 0 fully saturated rings. The molecule has 7 heteroatoms. The summed E-state index contributed by atoms with van der Waals surface area (Å²) < 4.78 is 19.7. The third-order valence-corrected chi connectivity index (χ3v) is 6.52. The zero-order valence-electron chi connectivity index (χ0n) is 16.5. The topological polar surface area (TPSA) is 63.4 Å². The van der Waals surface area contributed by atoms with E-state index in [1.807, 2.05) is 45.0 Å². The molecule has 4 aromatic rings. The first-order valence-corrected chi connectivity index (χ1v) is 10.3. The first-order chi connectivity index (χ1) is 14.3. The van der Waals surface area contributed by atoms with E-state index in [0.717, 1.165) is 27.8 Å². The second-order valence-electron chi connectivity index (χ2n) is 7.44. The van der Waals surface area contributed by atoms with Gasteiger partial charge in [-0.25, -0.2) is 9.37 Å². The second kappa shape index (κ2) is 6.60. The zero-order valence-corrected chi connectivity index (χ0v) is 17.3. The summed E-state index contributed by atoms with van der Waals surface area (Å²) in [6.07, 6.45) is 0. The quantitative estimate of drug-likeness (QED) is 0.455. The number of halogens is 1. The summed E-state index contributed by atoms with van der Waals surface area (Å²) in [6.45, 7) is 5.78. The minimum absolute atomic E-state index is 0.0183. The molecular formula is C23H17FN2O3S. The molecule has 3 heterocycles. The maximum atomic E-state index is 13.8. The van der Waals surface area contributed by atoms with Gasteiger partial charge in [-0.1, -0.05) is 29.8 Å². The van der Waals surface area contributed by atoms with Crippen molar-refractivity contribution in [1.29, 1.82) is 0 Å². The van der Waals surface area contributed by atoms with Crippen LogP contribution in [0.3, 0.4) is 0 Å². The highest BCUT2D eigenvalue weighted by atomic mass is 32.1. The predicted octanol–water partition coefficient (Wildman–Crippen LogP) is 5.06. The maximum Gasteiger partial charge on any atom is 0.297 e. The lowest BCUT2D eigenvalue weighted by molar-refractivity contribution is 0.0971. The fourth-order valence-corrected chi connectivity index (χ4v) is 4.70. The van der Waals surface area contributed by atoms with E-state index >= 15 is 0 Å². The Morgan fingerprint density at radius 2 is 1.80 bits per heavy atom. The van der Waals surface area contributed by atoms with E-state index in [2.05, 4.69) is 4.98 Å². The van der Waals surface area contributed by atoms with Gasteiger partial charge in [-0.15, -0.1) is 11.3 Å². The first-order valence-electron chi connectivity index (χ1n) is 9.45. The smallest absolute Gasteiger partial charge is 0.297 e. The van der Waals surface area contributed by atoms with E-state index in [4.69, 9.17) is 4.42 Å². The number of aromatic nitrogens is 1. The lowest BCUT2D eigenvalue weighted by Gasteiger charge is -2.22. The largest absolute Gasteiger partial charge is 0.450 e. The van der Waals surface area contributed by atoms with Crippen molar-refractivity contribution in [2.45, 2.75) is 26.8 Å². The van der Waals surface area contributed by atoms with Crippen LogP contribution < -0.4 is 10.3 Å². The summed E-state index contributed by atoms with van der Waals surface area (Å²) in [7, 11) is 0. The van der Waals surface area contributed by atoms with E-state index < -0.39 is 23.2 Å². The summed E-state index contributed by atoms with van der Waals surface area (Å²) >= 11 is 1.39. The highest BCUT2D eigenvalue weighted by Crippen LogP contribution is 2.43. The van der Waals surface area contributed by atoms with Crippen molar-refractivity contribution in [3.63, 3.8) is 0 Å². The number of rotatable bonds is 2. The molecule has 0 N–H and O–H groups in total. The molecule has 0 radical (unpaired) electrons. The van der Waals surface area contributed by atoms with Crippen LogP contribution in [-0.2, 0) is 0 Å². The molecule has 2 aromatic carbocycles. The van der Waals surface area contributed by atoms with Gasteiger partial charge in [0.15, 0.2) is 10.6 Å². The number of carbonyl (C=O) groups excluding carboxylic acids is 1. The summed E-state index contributed by atoms with van der Waals surface area (Å²) in [5.41, 5.74) is 2.65. The van der Waals surface area contributed by atoms with Crippen molar-refractivity contribution < 1.29 is 13.6 Å². The maximum absolute atomic E-state index is 13.8. The number of hydrogen-bond acceptors (Lipinski definition) is 5. The van der Waals surface area contributed by atoms with Crippen LogP contribution in [-0.4, -0.2) is 10.9 Å². The molecule has 0 saturated carbocycles. The average molecular weight is 420 g/mol. The molecule has 0 saturated heterocycles. The van der Waals surface area contributed by atoms with Crippen molar-refractivity contribution in [2.75, 3.05) is 4.90 Å². The molecule has 30 heavy (non-hydrogen) atoms. The third kappa shape index (κ3) is 2.69. The fraction of sp³-hybridized carbons (Fsp3) is 0.174. The second-order valence-corrected chi connectivity index (χ2v) is 8.62. The van der Waals surface area contributed by atoms with Crippen LogP contribution in [0.5, 0.6) is 0 Å². The number of nitrogens with zero attached hydrogens (tertiary/aromatic N) is 2. The minimum atomic E-state index is -0.693. The fourth-order valence-electron chi connectivity index (χ4n) is 3.77. The molecular weight excluding hydrogens is 403 g/mol. The average Bonchev–Trinajstić information content (AvgIpc) is 3.20. The number of anilines is 1. The number of aryl methyl sites for hydroxylation is 3. The molecule has 150 valence electrons. The number of fused-ring (bicyclic) bond motifs is 2. The number of thiazole rings is 1. The highest BCUT2D eigenvalue weighted by Gasteiger charge is 2.45. The number of amides is 1. The number of benzene rings is 2. The van der Waals surface area contributed by atoms with Crippen molar-refractivity contribution in [1.82, 2.24) is 4.98 Å². The summed E-state index contributed by atoms with van der Waals surface area (Å²) in [6, 6.07) is 10.7. The van der Waals surface area contributed by atoms with Crippen LogP contribution in [0.2, 0.25) is 0 Å².